The standard InChI is InChI=1S/C13H16N2O2/c1-17-9-7-13(16)15-12-6-2-4-11(10-12)5-3-8-14/h2,4,6,10H,7-9,14H2,1H3,(H,15,16). The zero-order chi connectivity index (χ0) is 12.5. The van der Waals surface area contributed by atoms with Crippen LogP contribution in [0.3, 0.4) is 0 Å². The molecule has 0 heterocycles. The van der Waals surface area contributed by atoms with Crippen LogP contribution in [-0.4, -0.2) is 26.2 Å². The molecule has 0 bridgehead atoms. The molecule has 4 heteroatoms. The molecule has 0 aliphatic carbocycles. The van der Waals surface area contributed by atoms with E-state index in [1.165, 1.54) is 0 Å². The molecule has 0 aromatic heterocycles. The van der Waals surface area contributed by atoms with Gasteiger partial charge in [-0.15, -0.1) is 0 Å². The monoisotopic (exact) mass is 232 g/mol. The van der Waals surface area contributed by atoms with Gasteiger partial charge in [0.25, 0.3) is 0 Å². The van der Waals surface area contributed by atoms with Gasteiger partial charge >= 0.3 is 0 Å². The van der Waals surface area contributed by atoms with Gasteiger partial charge in [0.1, 0.15) is 0 Å². The number of rotatable bonds is 4. The number of carbonyl (C=O) groups excluding carboxylic acids is 1. The van der Waals surface area contributed by atoms with E-state index >= 15 is 0 Å². The highest BCUT2D eigenvalue weighted by atomic mass is 16.5. The summed E-state index contributed by atoms with van der Waals surface area (Å²) in [5.74, 6) is 5.60. The smallest absolute Gasteiger partial charge is 0.226 e. The maximum Gasteiger partial charge on any atom is 0.226 e. The fourth-order valence-corrected chi connectivity index (χ4v) is 1.25. The Kier molecular flexibility index (Phi) is 5.80. The third-order valence-corrected chi connectivity index (χ3v) is 2.01. The number of benzene rings is 1. The molecule has 1 aromatic rings. The number of amides is 1. The van der Waals surface area contributed by atoms with Crippen molar-refractivity contribution >= 4 is 11.6 Å². The molecule has 3 N–H and O–H groups in total. The SMILES string of the molecule is COCCC(=O)Nc1cccc(C#CCN)c1. The van der Waals surface area contributed by atoms with E-state index in [0.29, 0.717) is 19.6 Å². The van der Waals surface area contributed by atoms with Gasteiger partial charge in [-0.3, -0.25) is 4.79 Å². The van der Waals surface area contributed by atoms with Gasteiger partial charge in [-0.25, -0.2) is 0 Å². The molecule has 0 atom stereocenters. The summed E-state index contributed by atoms with van der Waals surface area (Å²) >= 11 is 0. The second-order valence-corrected chi connectivity index (χ2v) is 3.38. The Balaban J connectivity index is 2.62. The molecular formula is C13H16N2O2. The van der Waals surface area contributed by atoms with Crippen molar-refractivity contribution in [2.24, 2.45) is 5.73 Å². The van der Waals surface area contributed by atoms with Crippen LogP contribution >= 0.6 is 0 Å². The van der Waals surface area contributed by atoms with E-state index < -0.39 is 0 Å². The van der Waals surface area contributed by atoms with Crippen molar-refractivity contribution < 1.29 is 9.53 Å². The Morgan fingerprint density at radius 3 is 3.06 bits per heavy atom. The topological polar surface area (TPSA) is 64.3 Å². The van der Waals surface area contributed by atoms with Gasteiger partial charge < -0.3 is 15.8 Å². The van der Waals surface area contributed by atoms with Crippen molar-refractivity contribution in [2.75, 3.05) is 25.6 Å². The van der Waals surface area contributed by atoms with Crippen LogP contribution in [0.15, 0.2) is 24.3 Å². The van der Waals surface area contributed by atoms with E-state index in [2.05, 4.69) is 17.2 Å². The molecule has 1 amide bonds. The first-order valence-electron chi connectivity index (χ1n) is 5.34. The van der Waals surface area contributed by atoms with Gasteiger partial charge in [0.15, 0.2) is 0 Å². The van der Waals surface area contributed by atoms with E-state index in [0.717, 1.165) is 11.3 Å². The van der Waals surface area contributed by atoms with Crippen molar-refractivity contribution in [1.82, 2.24) is 0 Å². The lowest BCUT2D eigenvalue weighted by molar-refractivity contribution is -0.117. The molecule has 0 aliphatic rings. The number of hydrogen-bond acceptors (Lipinski definition) is 3. The fourth-order valence-electron chi connectivity index (χ4n) is 1.25. The van der Waals surface area contributed by atoms with Crippen LogP contribution in [-0.2, 0) is 9.53 Å². The number of methoxy groups -OCH3 is 1. The van der Waals surface area contributed by atoms with E-state index in [4.69, 9.17) is 10.5 Å². The predicted octanol–water partition coefficient (Wildman–Crippen LogP) is 0.972. The molecule has 0 radical (unpaired) electrons. The molecule has 1 rings (SSSR count). The Labute approximate surface area is 101 Å². The van der Waals surface area contributed by atoms with Gasteiger partial charge in [0.2, 0.25) is 5.91 Å². The average molecular weight is 232 g/mol. The zero-order valence-electron chi connectivity index (χ0n) is 9.82. The Hall–Kier alpha value is -1.83. The number of anilines is 1. The summed E-state index contributed by atoms with van der Waals surface area (Å²) in [5.41, 5.74) is 6.86. The fraction of sp³-hybridized carbons (Fsp3) is 0.308. The number of nitrogens with one attached hydrogen (secondary N) is 1. The van der Waals surface area contributed by atoms with Crippen LogP contribution in [0.1, 0.15) is 12.0 Å². The molecule has 90 valence electrons. The van der Waals surface area contributed by atoms with Gasteiger partial charge in [0.05, 0.1) is 19.6 Å². The van der Waals surface area contributed by atoms with Crippen LogP contribution in [0.4, 0.5) is 5.69 Å². The average Bonchev–Trinajstić information content (AvgIpc) is 2.34. The molecule has 0 saturated carbocycles. The molecule has 0 saturated heterocycles. The van der Waals surface area contributed by atoms with Crippen LogP contribution < -0.4 is 11.1 Å². The largest absolute Gasteiger partial charge is 0.384 e. The number of nitrogens with two attached hydrogens (primary N) is 1. The van der Waals surface area contributed by atoms with Crippen LogP contribution in [0.2, 0.25) is 0 Å². The molecular weight excluding hydrogens is 216 g/mol. The van der Waals surface area contributed by atoms with Crippen molar-refractivity contribution in [3.05, 3.63) is 29.8 Å². The maximum absolute atomic E-state index is 11.4. The summed E-state index contributed by atoms with van der Waals surface area (Å²) in [5, 5.41) is 2.78. The van der Waals surface area contributed by atoms with Crippen molar-refractivity contribution in [2.45, 2.75) is 6.42 Å². The zero-order valence-corrected chi connectivity index (χ0v) is 9.82. The minimum absolute atomic E-state index is 0.0733. The van der Waals surface area contributed by atoms with Crippen molar-refractivity contribution in [1.29, 1.82) is 0 Å². The molecule has 17 heavy (non-hydrogen) atoms. The van der Waals surface area contributed by atoms with Crippen molar-refractivity contribution in [3.63, 3.8) is 0 Å². The highest BCUT2D eigenvalue weighted by molar-refractivity contribution is 5.90. The second-order valence-electron chi connectivity index (χ2n) is 3.38. The molecule has 0 aliphatic heterocycles. The minimum atomic E-state index is -0.0733. The lowest BCUT2D eigenvalue weighted by Crippen LogP contribution is -2.13. The Morgan fingerprint density at radius 2 is 2.35 bits per heavy atom. The molecule has 0 fully saturated rings. The highest BCUT2D eigenvalue weighted by Gasteiger charge is 2.01. The van der Waals surface area contributed by atoms with Gasteiger partial charge in [-0.1, -0.05) is 17.9 Å². The first-order valence-corrected chi connectivity index (χ1v) is 5.34. The van der Waals surface area contributed by atoms with Gasteiger partial charge in [0, 0.05) is 18.4 Å². The minimum Gasteiger partial charge on any atom is -0.384 e. The Morgan fingerprint density at radius 1 is 1.53 bits per heavy atom. The number of hydrogen-bond donors (Lipinski definition) is 2. The summed E-state index contributed by atoms with van der Waals surface area (Å²) in [4.78, 5) is 11.4. The van der Waals surface area contributed by atoms with E-state index in [1.807, 2.05) is 24.3 Å². The van der Waals surface area contributed by atoms with E-state index in [-0.39, 0.29) is 5.91 Å². The number of carbonyl (C=O) groups is 1. The number of ether oxygens (including phenoxy) is 1. The molecule has 0 spiro atoms. The summed E-state index contributed by atoms with van der Waals surface area (Å²) in [6.07, 6.45) is 0.342. The third kappa shape index (κ3) is 5.16. The Bertz CT molecular complexity index is 433. The van der Waals surface area contributed by atoms with Crippen LogP contribution in [0.5, 0.6) is 0 Å². The summed E-state index contributed by atoms with van der Waals surface area (Å²) < 4.78 is 4.83. The summed E-state index contributed by atoms with van der Waals surface area (Å²) in [7, 11) is 1.57. The van der Waals surface area contributed by atoms with Crippen LogP contribution in [0.25, 0.3) is 0 Å². The highest BCUT2D eigenvalue weighted by Crippen LogP contribution is 2.09. The predicted molar refractivity (Wildman–Crippen MR) is 67.5 cm³/mol. The van der Waals surface area contributed by atoms with Gasteiger partial charge in [-0.05, 0) is 18.2 Å². The first-order chi connectivity index (χ1) is 8.26. The first kappa shape index (κ1) is 13.2. The quantitative estimate of drug-likeness (QED) is 0.760. The lowest BCUT2D eigenvalue weighted by atomic mass is 10.2. The van der Waals surface area contributed by atoms with Crippen LogP contribution in [0, 0.1) is 11.8 Å². The van der Waals surface area contributed by atoms with Gasteiger partial charge in [-0.2, -0.15) is 0 Å². The van der Waals surface area contributed by atoms with E-state index in [1.54, 1.807) is 7.11 Å². The van der Waals surface area contributed by atoms with E-state index in [9.17, 15) is 4.79 Å². The summed E-state index contributed by atoms with van der Waals surface area (Å²) in [6, 6.07) is 7.34. The lowest BCUT2D eigenvalue weighted by Gasteiger charge is -2.04. The molecule has 1 aromatic carbocycles. The normalized spacial score (nSPS) is 9.29. The second kappa shape index (κ2) is 7.44. The maximum atomic E-state index is 11.4. The molecule has 4 nitrogen and oxygen atoms in total. The summed E-state index contributed by atoms with van der Waals surface area (Å²) in [6.45, 7) is 0.739. The third-order valence-electron chi connectivity index (χ3n) is 2.01. The van der Waals surface area contributed by atoms with Crippen molar-refractivity contribution in [3.8, 4) is 11.8 Å². The molecule has 0 unspecified atom stereocenters.